The van der Waals surface area contributed by atoms with Crippen LogP contribution in [0.4, 0.5) is 4.79 Å². The second-order valence-corrected chi connectivity index (χ2v) is 8.20. The van der Waals surface area contributed by atoms with Gasteiger partial charge in [0.05, 0.1) is 0 Å². The van der Waals surface area contributed by atoms with E-state index in [-0.39, 0.29) is 6.09 Å². The Morgan fingerprint density at radius 1 is 1.17 bits per heavy atom. The molecule has 1 aliphatic heterocycles. The number of carbonyl (C=O) groups is 1. The summed E-state index contributed by atoms with van der Waals surface area (Å²) in [5.74, 6) is 1.79. The van der Waals surface area contributed by atoms with Crippen LogP contribution in [0.2, 0.25) is 0 Å². The van der Waals surface area contributed by atoms with Crippen LogP contribution in [0, 0.1) is 18.8 Å². The lowest BCUT2D eigenvalue weighted by atomic mass is 9.70. The molecule has 1 aliphatic carbocycles. The van der Waals surface area contributed by atoms with Gasteiger partial charge >= 0.3 is 6.09 Å². The smallest absolute Gasteiger partial charge is 0.410 e. The second-order valence-electron chi connectivity index (χ2n) is 8.20. The first-order valence-corrected chi connectivity index (χ1v) is 8.88. The van der Waals surface area contributed by atoms with Gasteiger partial charge in [0, 0.05) is 13.1 Å². The molecule has 3 nitrogen and oxygen atoms in total. The first-order chi connectivity index (χ1) is 10.8. The van der Waals surface area contributed by atoms with E-state index in [1.165, 1.54) is 30.4 Å². The van der Waals surface area contributed by atoms with Crippen LogP contribution in [-0.4, -0.2) is 29.7 Å². The van der Waals surface area contributed by atoms with Crippen LogP contribution in [0.3, 0.4) is 0 Å². The molecule has 3 heteroatoms. The van der Waals surface area contributed by atoms with E-state index in [9.17, 15) is 4.79 Å². The number of nitrogens with zero attached hydrogens (tertiary/aromatic N) is 1. The van der Waals surface area contributed by atoms with Crippen molar-refractivity contribution < 1.29 is 9.53 Å². The van der Waals surface area contributed by atoms with Crippen molar-refractivity contribution in [1.82, 2.24) is 4.90 Å². The highest BCUT2D eigenvalue weighted by atomic mass is 16.6. The minimum absolute atomic E-state index is 0.143. The third kappa shape index (κ3) is 3.54. The number of ether oxygens (including phenoxy) is 1. The Hall–Kier alpha value is -1.51. The number of carbonyl (C=O) groups excluding carboxylic acids is 1. The van der Waals surface area contributed by atoms with E-state index >= 15 is 0 Å². The Morgan fingerprint density at radius 2 is 1.91 bits per heavy atom. The molecule has 1 amide bonds. The van der Waals surface area contributed by atoms with Gasteiger partial charge in [-0.25, -0.2) is 4.79 Å². The molecule has 126 valence electrons. The summed E-state index contributed by atoms with van der Waals surface area (Å²) in [5, 5.41) is 0. The Labute approximate surface area is 140 Å². The summed E-state index contributed by atoms with van der Waals surface area (Å²) in [4.78, 5) is 14.4. The molecule has 1 heterocycles. The van der Waals surface area contributed by atoms with Crippen molar-refractivity contribution in [2.24, 2.45) is 11.8 Å². The molecule has 23 heavy (non-hydrogen) atoms. The maximum Gasteiger partial charge on any atom is 0.410 e. The van der Waals surface area contributed by atoms with Crippen LogP contribution in [0.5, 0.6) is 0 Å². The van der Waals surface area contributed by atoms with Crippen LogP contribution in [0.1, 0.15) is 57.1 Å². The maximum atomic E-state index is 12.4. The van der Waals surface area contributed by atoms with Crippen LogP contribution >= 0.6 is 0 Å². The Bertz CT molecular complexity index is 575. The normalized spacial score (nSPS) is 27.7. The topological polar surface area (TPSA) is 29.5 Å². The molecule has 1 saturated heterocycles. The van der Waals surface area contributed by atoms with Crippen molar-refractivity contribution in [1.29, 1.82) is 0 Å². The van der Waals surface area contributed by atoms with Crippen molar-refractivity contribution >= 4 is 6.09 Å². The van der Waals surface area contributed by atoms with Crippen molar-refractivity contribution in [3.05, 3.63) is 35.4 Å². The summed E-state index contributed by atoms with van der Waals surface area (Å²) in [6.07, 6.45) is 3.61. The molecule has 3 atom stereocenters. The second kappa shape index (κ2) is 6.18. The summed E-state index contributed by atoms with van der Waals surface area (Å²) >= 11 is 0. The molecular weight excluding hydrogens is 286 g/mol. The van der Waals surface area contributed by atoms with Crippen LogP contribution in [0.25, 0.3) is 0 Å². The first-order valence-electron chi connectivity index (χ1n) is 8.88. The molecule has 0 aromatic heterocycles. The molecule has 2 fully saturated rings. The third-order valence-corrected chi connectivity index (χ3v) is 5.34. The Kier molecular flexibility index (Phi) is 4.39. The molecule has 1 aromatic rings. The van der Waals surface area contributed by atoms with Gasteiger partial charge in [-0.1, -0.05) is 30.7 Å². The molecule has 2 unspecified atom stereocenters. The fourth-order valence-electron chi connectivity index (χ4n) is 4.34. The molecule has 0 bridgehead atoms. The van der Waals surface area contributed by atoms with Gasteiger partial charge in [0.1, 0.15) is 5.60 Å². The molecule has 0 N–H and O–H groups in total. The van der Waals surface area contributed by atoms with E-state index in [2.05, 4.69) is 31.2 Å². The van der Waals surface area contributed by atoms with Gasteiger partial charge in [-0.2, -0.15) is 0 Å². The predicted octanol–water partition coefficient (Wildman–Crippen LogP) is 4.75. The average molecular weight is 315 g/mol. The number of rotatable bonds is 1. The first kappa shape index (κ1) is 16.4. The Balaban J connectivity index is 1.76. The van der Waals surface area contributed by atoms with E-state index in [4.69, 9.17) is 4.74 Å². The molecule has 2 aliphatic rings. The average Bonchev–Trinajstić information content (AvgIpc) is 2.90. The van der Waals surface area contributed by atoms with Gasteiger partial charge in [0.15, 0.2) is 0 Å². The molecule has 0 radical (unpaired) electrons. The van der Waals surface area contributed by atoms with Crippen LogP contribution in [0.15, 0.2) is 24.3 Å². The molecule has 1 aromatic carbocycles. The van der Waals surface area contributed by atoms with Crippen molar-refractivity contribution in [3.63, 3.8) is 0 Å². The summed E-state index contributed by atoms with van der Waals surface area (Å²) < 4.78 is 5.58. The number of hydrogen-bond acceptors (Lipinski definition) is 2. The maximum absolute atomic E-state index is 12.4. The summed E-state index contributed by atoms with van der Waals surface area (Å²) in [6, 6.07) is 8.74. The van der Waals surface area contributed by atoms with E-state index in [1.807, 2.05) is 25.7 Å². The number of fused-ring (bicyclic) bond motifs is 1. The summed E-state index contributed by atoms with van der Waals surface area (Å²) in [6.45, 7) is 9.72. The number of benzene rings is 1. The standard InChI is InChI=1S/C20H29NO2/c1-14-8-5-6-10-16(14)17-11-7-9-15-12-21(13-18(15)17)19(22)23-20(2,3)4/h5-6,8,10,15,17-18H,7,9,11-13H2,1-4H3/t15?,17?,18-/m1/s1. The largest absolute Gasteiger partial charge is 0.444 e. The lowest BCUT2D eigenvalue weighted by molar-refractivity contribution is 0.0283. The molecule has 3 rings (SSSR count). The highest BCUT2D eigenvalue weighted by molar-refractivity contribution is 5.68. The highest BCUT2D eigenvalue weighted by Crippen LogP contribution is 2.46. The monoisotopic (exact) mass is 315 g/mol. The van der Waals surface area contributed by atoms with E-state index in [0.717, 1.165) is 13.1 Å². The van der Waals surface area contributed by atoms with E-state index < -0.39 is 5.60 Å². The van der Waals surface area contributed by atoms with Gasteiger partial charge in [-0.3, -0.25) is 0 Å². The Morgan fingerprint density at radius 3 is 2.61 bits per heavy atom. The number of hydrogen-bond donors (Lipinski definition) is 0. The van der Waals surface area contributed by atoms with Crippen LogP contribution in [-0.2, 0) is 4.74 Å². The third-order valence-electron chi connectivity index (χ3n) is 5.34. The minimum atomic E-state index is -0.416. The lowest BCUT2D eigenvalue weighted by Gasteiger charge is -2.34. The number of aryl methyl sites for hydroxylation is 1. The van der Waals surface area contributed by atoms with Gasteiger partial charge < -0.3 is 9.64 Å². The molecule has 1 saturated carbocycles. The fourth-order valence-corrected chi connectivity index (χ4v) is 4.34. The SMILES string of the molecule is Cc1ccccc1C1CCCC2CN(C(=O)OC(C)(C)C)C[C@H]21. The van der Waals surface area contributed by atoms with E-state index in [1.54, 1.807) is 0 Å². The van der Waals surface area contributed by atoms with Gasteiger partial charge in [-0.05, 0) is 69.4 Å². The summed E-state index contributed by atoms with van der Waals surface area (Å²) in [5.41, 5.74) is 2.45. The van der Waals surface area contributed by atoms with Crippen molar-refractivity contribution in [2.45, 2.75) is 58.5 Å². The number of likely N-dealkylation sites (tertiary alicyclic amines) is 1. The number of amides is 1. The minimum Gasteiger partial charge on any atom is -0.444 e. The predicted molar refractivity (Wildman–Crippen MR) is 92.6 cm³/mol. The van der Waals surface area contributed by atoms with Gasteiger partial charge in [0.25, 0.3) is 0 Å². The fraction of sp³-hybridized carbons (Fsp3) is 0.650. The zero-order valence-electron chi connectivity index (χ0n) is 14.8. The molecule has 0 spiro atoms. The summed E-state index contributed by atoms with van der Waals surface area (Å²) in [7, 11) is 0. The van der Waals surface area contributed by atoms with Crippen LogP contribution < -0.4 is 0 Å². The van der Waals surface area contributed by atoms with Gasteiger partial charge in [0.2, 0.25) is 0 Å². The lowest BCUT2D eigenvalue weighted by Crippen LogP contribution is -2.35. The zero-order valence-corrected chi connectivity index (χ0v) is 14.8. The molecular formula is C20H29NO2. The highest BCUT2D eigenvalue weighted by Gasteiger charge is 2.43. The zero-order chi connectivity index (χ0) is 16.6. The van der Waals surface area contributed by atoms with Gasteiger partial charge in [-0.15, -0.1) is 0 Å². The quantitative estimate of drug-likeness (QED) is 0.748. The van der Waals surface area contributed by atoms with E-state index in [0.29, 0.717) is 17.8 Å². The van der Waals surface area contributed by atoms with Crippen molar-refractivity contribution in [2.75, 3.05) is 13.1 Å². The van der Waals surface area contributed by atoms with Crippen molar-refractivity contribution in [3.8, 4) is 0 Å².